The lowest BCUT2D eigenvalue weighted by atomic mass is 10.3. The van der Waals surface area contributed by atoms with E-state index in [1.165, 1.54) is 17.5 Å². The van der Waals surface area contributed by atoms with Crippen molar-refractivity contribution in [2.45, 2.75) is 38.1 Å². The van der Waals surface area contributed by atoms with Gasteiger partial charge in [-0.05, 0) is 31.5 Å². The molecule has 0 radical (unpaired) electrons. The summed E-state index contributed by atoms with van der Waals surface area (Å²) in [6, 6.07) is 4.57. The number of nitrogen functional groups attached to an aromatic ring is 1. The predicted molar refractivity (Wildman–Crippen MR) is 76.7 cm³/mol. The SMILES string of the molecule is CCC(C)N(CC)S(=O)(=O)c1cc(N)ccc1OC. The van der Waals surface area contributed by atoms with Crippen LogP contribution in [0.4, 0.5) is 5.69 Å². The van der Waals surface area contributed by atoms with E-state index in [1.54, 1.807) is 12.1 Å². The molecule has 0 aromatic heterocycles. The first-order chi connectivity index (χ1) is 8.88. The van der Waals surface area contributed by atoms with Crippen molar-refractivity contribution in [3.63, 3.8) is 0 Å². The van der Waals surface area contributed by atoms with Crippen molar-refractivity contribution in [1.29, 1.82) is 0 Å². The third-order valence-electron chi connectivity index (χ3n) is 3.17. The summed E-state index contributed by atoms with van der Waals surface area (Å²) in [5.74, 6) is 0.316. The molecule has 1 rings (SSSR count). The Balaban J connectivity index is 3.37. The second-order valence-electron chi connectivity index (χ2n) is 4.38. The number of benzene rings is 1. The highest BCUT2D eigenvalue weighted by Gasteiger charge is 2.29. The number of hydrogen-bond acceptors (Lipinski definition) is 4. The van der Waals surface area contributed by atoms with Crippen LogP contribution in [-0.2, 0) is 10.0 Å². The van der Waals surface area contributed by atoms with E-state index in [4.69, 9.17) is 10.5 Å². The molecule has 1 aromatic rings. The molecule has 0 spiro atoms. The Morgan fingerprint density at radius 3 is 2.47 bits per heavy atom. The van der Waals surface area contributed by atoms with Gasteiger partial charge in [0.15, 0.2) is 0 Å². The van der Waals surface area contributed by atoms with Gasteiger partial charge in [0.05, 0.1) is 7.11 Å². The Morgan fingerprint density at radius 2 is 2.00 bits per heavy atom. The lowest BCUT2D eigenvalue weighted by Gasteiger charge is -2.27. The summed E-state index contributed by atoms with van der Waals surface area (Å²) in [7, 11) is -2.15. The Hall–Kier alpha value is -1.27. The monoisotopic (exact) mass is 286 g/mol. The maximum Gasteiger partial charge on any atom is 0.247 e. The first-order valence-corrected chi connectivity index (χ1v) is 7.77. The minimum atomic E-state index is -3.60. The maximum absolute atomic E-state index is 12.7. The van der Waals surface area contributed by atoms with E-state index in [9.17, 15) is 8.42 Å². The van der Waals surface area contributed by atoms with E-state index in [-0.39, 0.29) is 10.9 Å². The second-order valence-corrected chi connectivity index (χ2v) is 6.23. The van der Waals surface area contributed by atoms with E-state index in [2.05, 4.69) is 0 Å². The molecule has 5 nitrogen and oxygen atoms in total. The Bertz CT molecular complexity index is 529. The van der Waals surface area contributed by atoms with Crippen molar-refractivity contribution >= 4 is 15.7 Å². The van der Waals surface area contributed by atoms with Gasteiger partial charge in [-0.25, -0.2) is 8.42 Å². The zero-order valence-electron chi connectivity index (χ0n) is 11.9. The summed E-state index contributed by atoms with van der Waals surface area (Å²) < 4.78 is 32.0. The molecular weight excluding hydrogens is 264 g/mol. The van der Waals surface area contributed by atoms with E-state index >= 15 is 0 Å². The van der Waals surface area contributed by atoms with Gasteiger partial charge in [0.1, 0.15) is 10.6 Å². The van der Waals surface area contributed by atoms with Crippen LogP contribution in [0.3, 0.4) is 0 Å². The van der Waals surface area contributed by atoms with Crippen molar-refractivity contribution in [2.75, 3.05) is 19.4 Å². The fourth-order valence-electron chi connectivity index (χ4n) is 1.94. The summed E-state index contributed by atoms with van der Waals surface area (Å²) in [5, 5.41) is 0. The number of nitrogens with two attached hydrogens (primary N) is 1. The number of ether oxygens (including phenoxy) is 1. The number of rotatable bonds is 6. The molecule has 0 aliphatic carbocycles. The topological polar surface area (TPSA) is 72.6 Å². The number of sulfonamides is 1. The van der Waals surface area contributed by atoms with Gasteiger partial charge >= 0.3 is 0 Å². The number of methoxy groups -OCH3 is 1. The molecule has 1 aromatic carbocycles. The van der Waals surface area contributed by atoms with Crippen LogP contribution in [-0.4, -0.2) is 32.4 Å². The van der Waals surface area contributed by atoms with Crippen molar-refractivity contribution in [1.82, 2.24) is 4.31 Å². The van der Waals surface area contributed by atoms with Crippen molar-refractivity contribution in [3.8, 4) is 5.75 Å². The highest BCUT2D eigenvalue weighted by molar-refractivity contribution is 7.89. The van der Waals surface area contributed by atoms with Gasteiger partial charge in [0.25, 0.3) is 0 Å². The Kier molecular flexibility index (Phi) is 5.20. The average Bonchev–Trinajstić information content (AvgIpc) is 2.38. The smallest absolute Gasteiger partial charge is 0.247 e. The lowest BCUT2D eigenvalue weighted by Crippen LogP contribution is -2.38. The zero-order valence-corrected chi connectivity index (χ0v) is 12.7. The van der Waals surface area contributed by atoms with Crippen LogP contribution in [0.2, 0.25) is 0 Å². The molecule has 0 heterocycles. The molecule has 1 atom stereocenters. The lowest BCUT2D eigenvalue weighted by molar-refractivity contribution is 0.338. The molecule has 0 bridgehead atoms. The van der Waals surface area contributed by atoms with Crippen molar-refractivity contribution in [2.24, 2.45) is 0 Å². The van der Waals surface area contributed by atoms with Crippen LogP contribution in [0, 0.1) is 0 Å². The van der Waals surface area contributed by atoms with Crippen molar-refractivity contribution in [3.05, 3.63) is 18.2 Å². The van der Waals surface area contributed by atoms with E-state index in [0.29, 0.717) is 18.0 Å². The first kappa shape index (κ1) is 15.8. The van der Waals surface area contributed by atoms with E-state index in [1.807, 2.05) is 20.8 Å². The van der Waals surface area contributed by atoms with Crippen LogP contribution in [0.25, 0.3) is 0 Å². The fourth-order valence-corrected chi connectivity index (χ4v) is 3.85. The van der Waals surface area contributed by atoms with Gasteiger partial charge in [0.2, 0.25) is 10.0 Å². The molecule has 19 heavy (non-hydrogen) atoms. The van der Waals surface area contributed by atoms with Crippen LogP contribution in [0.1, 0.15) is 27.2 Å². The fraction of sp³-hybridized carbons (Fsp3) is 0.538. The summed E-state index contributed by atoms with van der Waals surface area (Å²) in [6.07, 6.45) is 0.748. The van der Waals surface area contributed by atoms with Crippen LogP contribution in [0.15, 0.2) is 23.1 Å². The van der Waals surface area contributed by atoms with E-state index < -0.39 is 10.0 Å². The standard InChI is InChI=1S/C13H22N2O3S/c1-5-10(3)15(6-2)19(16,17)13-9-11(14)7-8-12(13)18-4/h7-10H,5-6,14H2,1-4H3. The predicted octanol–water partition coefficient (Wildman–Crippen LogP) is 2.09. The molecule has 0 amide bonds. The maximum atomic E-state index is 12.7. The minimum absolute atomic E-state index is 0.0684. The molecular formula is C13H22N2O3S. The molecule has 0 saturated carbocycles. The van der Waals surface area contributed by atoms with Gasteiger partial charge in [0, 0.05) is 18.3 Å². The summed E-state index contributed by atoms with van der Waals surface area (Å²) in [5.41, 5.74) is 6.09. The molecule has 0 saturated heterocycles. The number of anilines is 1. The molecule has 6 heteroatoms. The summed E-state index contributed by atoms with van der Waals surface area (Å²) in [4.78, 5) is 0.122. The van der Waals surface area contributed by atoms with Crippen LogP contribution in [0.5, 0.6) is 5.75 Å². The number of hydrogen-bond donors (Lipinski definition) is 1. The molecule has 0 aliphatic heterocycles. The highest BCUT2D eigenvalue weighted by Crippen LogP contribution is 2.29. The van der Waals surface area contributed by atoms with E-state index in [0.717, 1.165) is 6.42 Å². The van der Waals surface area contributed by atoms with Gasteiger partial charge in [-0.1, -0.05) is 13.8 Å². The average molecular weight is 286 g/mol. The minimum Gasteiger partial charge on any atom is -0.495 e. The zero-order chi connectivity index (χ0) is 14.6. The quantitative estimate of drug-likeness (QED) is 0.813. The normalized spacial score (nSPS) is 13.5. The molecule has 1 unspecified atom stereocenters. The van der Waals surface area contributed by atoms with Gasteiger partial charge in [-0.3, -0.25) is 0 Å². The first-order valence-electron chi connectivity index (χ1n) is 6.33. The van der Waals surface area contributed by atoms with Gasteiger partial charge in [-0.2, -0.15) is 4.31 Å². The van der Waals surface area contributed by atoms with Crippen LogP contribution >= 0.6 is 0 Å². The third kappa shape index (κ3) is 3.19. The van der Waals surface area contributed by atoms with Crippen LogP contribution < -0.4 is 10.5 Å². The number of nitrogens with zero attached hydrogens (tertiary/aromatic N) is 1. The Labute approximate surface area is 115 Å². The molecule has 2 N–H and O–H groups in total. The van der Waals surface area contributed by atoms with Gasteiger partial charge in [-0.15, -0.1) is 0 Å². The molecule has 0 aliphatic rings. The van der Waals surface area contributed by atoms with Gasteiger partial charge < -0.3 is 10.5 Å². The summed E-state index contributed by atoms with van der Waals surface area (Å²) >= 11 is 0. The summed E-state index contributed by atoms with van der Waals surface area (Å²) in [6.45, 7) is 6.08. The molecule has 108 valence electrons. The third-order valence-corrected chi connectivity index (χ3v) is 5.28. The van der Waals surface area contributed by atoms with Crippen molar-refractivity contribution < 1.29 is 13.2 Å². The second kappa shape index (κ2) is 6.25. The molecule has 0 fully saturated rings. The Morgan fingerprint density at radius 1 is 1.37 bits per heavy atom. The largest absolute Gasteiger partial charge is 0.495 e. The highest BCUT2D eigenvalue weighted by atomic mass is 32.2.